The zero-order valence-electron chi connectivity index (χ0n) is 24.1. The second-order valence-corrected chi connectivity index (χ2v) is 11.3. The summed E-state index contributed by atoms with van der Waals surface area (Å²) >= 11 is 1.44. The largest absolute Gasteiger partial charge is 0.489 e. The number of thiazole rings is 1. The van der Waals surface area contributed by atoms with Gasteiger partial charge >= 0.3 is 12.1 Å². The number of benzene rings is 4. The molecular weight excluding hydrogens is 604 g/mol. The molecule has 5 aromatic rings. The number of carboxylic acids is 1. The minimum Gasteiger partial charge on any atom is -0.489 e. The first-order valence-electron chi connectivity index (χ1n) is 14.3. The third kappa shape index (κ3) is 8.92. The van der Waals surface area contributed by atoms with Crippen molar-refractivity contribution in [3.05, 3.63) is 136 Å². The van der Waals surface area contributed by atoms with Crippen molar-refractivity contribution in [1.29, 1.82) is 0 Å². The van der Waals surface area contributed by atoms with Crippen LogP contribution >= 0.6 is 11.3 Å². The molecule has 5 rings (SSSR count). The van der Waals surface area contributed by atoms with Crippen LogP contribution in [0, 0.1) is 5.82 Å². The Morgan fingerprint density at radius 3 is 2.24 bits per heavy atom. The monoisotopic (exact) mass is 634 g/mol. The lowest BCUT2D eigenvalue weighted by Crippen LogP contribution is -2.25. The van der Waals surface area contributed by atoms with Gasteiger partial charge in [0.1, 0.15) is 18.2 Å². The molecule has 1 aromatic heterocycles. The molecule has 1 heterocycles. The minimum absolute atomic E-state index is 0.114. The van der Waals surface area contributed by atoms with Gasteiger partial charge in [-0.3, -0.25) is 4.79 Å². The second-order valence-electron chi connectivity index (χ2n) is 10.5. The van der Waals surface area contributed by atoms with E-state index < -0.39 is 23.5 Å². The van der Waals surface area contributed by atoms with Crippen LogP contribution in [0.25, 0.3) is 11.3 Å². The summed E-state index contributed by atoms with van der Waals surface area (Å²) in [5.41, 5.74) is 3.98. The molecule has 45 heavy (non-hydrogen) atoms. The van der Waals surface area contributed by atoms with E-state index in [2.05, 4.69) is 17.0 Å². The molecule has 5 nitrogen and oxygen atoms in total. The highest BCUT2D eigenvalue weighted by molar-refractivity contribution is 7.14. The molecule has 10 heteroatoms. The van der Waals surface area contributed by atoms with Crippen LogP contribution in [0.4, 0.5) is 22.7 Å². The summed E-state index contributed by atoms with van der Waals surface area (Å²) in [6.45, 7) is 1.48. The Morgan fingerprint density at radius 2 is 1.58 bits per heavy atom. The normalized spacial score (nSPS) is 11.4. The topological polar surface area (TPSA) is 62.7 Å². The van der Waals surface area contributed by atoms with Gasteiger partial charge in [0, 0.05) is 36.5 Å². The van der Waals surface area contributed by atoms with Crippen LogP contribution in [-0.4, -0.2) is 22.6 Å². The number of carbonyl (C=O) groups is 1. The molecule has 0 unspecified atom stereocenters. The molecule has 0 amide bonds. The maximum absolute atomic E-state index is 14.3. The van der Waals surface area contributed by atoms with Crippen LogP contribution in [0.3, 0.4) is 0 Å². The Hall–Kier alpha value is -4.70. The van der Waals surface area contributed by atoms with Gasteiger partial charge in [-0.15, -0.1) is 11.3 Å². The Labute approximate surface area is 262 Å². The van der Waals surface area contributed by atoms with Gasteiger partial charge in [0.05, 0.1) is 11.3 Å². The zero-order valence-corrected chi connectivity index (χ0v) is 25.0. The third-order valence-corrected chi connectivity index (χ3v) is 8.12. The van der Waals surface area contributed by atoms with E-state index in [0.717, 1.165) is 34.8 Å². The summed E-state index contributed by atoms with van der Waals surface area (Å²) in [4.78, 5) is 17.7. The summed E-state index contributed by atoms with van der Waals surface area (Å²) in [6, 6.07) is 27.4. The molecule has 0 atom stereocenters. The number of aromatic nitrogens is 1. The predicted octanol–water partition coefficient (Wildman–Crippen LogP) is 8.81. The fraction of sp³-hybridized carbons (Fsp3) is 0.200. The minimum atomic E-state index is -4.39. The van der Waals surface area contributed by atoms with Crippen molar-refractivity contribution in [1.82, 2.24) is 4.98 Å². The number of hydrogen-bond donors (Lipinski definition) is 1. The van der Waals surface area contributed by atoms with Crippen molar-refractivity contribution in [2.75, 3.05) is 11.4 Å². The van der Waals surface area contributed by atoms with Crippen LogP contribution in [-0.2, 0) is 37.0 Å². The molecule has 0 bridgehead atoms. The standard InChI is InChI=1S/C35H30F4N2O3S/c36-31-20-30(16-12-27(31)13-17-33(42)43)44-22-26-8-6-25(7-9-26)21-41(19-18-24-4-2-1-3-5-24)34-40-32(23-45-34)28-10-14-29(15-11-28)35(37,38)39/h1-12,14-16,20,23H,13,17-19,21-22H2,(H,42,43). The fourth-order valence-electron chi connectivity index (χ4n) is 4.71. The summed E-state index contributed by atoms with van der Waals surface area (Å²) in [7, 11) is 0. The van der Waals surface area contributed by atoms with Crippen LogP contribution < -0.4 is 9.64 Å². The molecule has 0 saturated heterocycles. The van der Waals surface area contributed by atoms with Crippen molar-refractivity contribution in [2.24, 2.45) is 0 Å². The van der Waals surface area contributed by atoms with E-state index in [9.17, 15) is 22.4 Å². The molecule has 4 aromatic carbocycles. The number of halogens is 4. The summed E-state index contributed by atoms with van der Waals surface area (Å²) in [5, 5.41) is 11.4. The first-order chi connectivity index (χ1) is 21.6. The van der Waals surface area contributed by atoms with Crippen molar-refractivity contribution in [3.63, 3.8) is 0 Å². The molecular formula is C35H30F4N2O3S. The van der Waals surface area contributed by atoms with Gasteiger partial charge in [-0.05, 0) is 53.3 Å². The van der Waals surface area contributed by atoms with Crippen molar-refractivity contribution in [2.45, 2.75) is 38.6 Å². The van der Waals surface area contributed by atoms with Crippen molar-refractivity contribution >= 4 is 22.4 Å². The molecule has 0 radical (unpaired) electrons. The van der Waals surface area contributed by atoms with E-state index in [1.54, 1.807) is 12.1 Å². The molecule has 0 aliphatic rings. The van der Waals surface area contributed by atoms with E-state index in [1.165, 1.54) is 35.1 Å². The van der Waals surface area contributed by atoms with Crippen LogP contribution in [0.5, 0.6) is 5.75 Å². The van der Waals surface area contributed by atoms with Gasteiger partial charge in [-0.1, -0.05) is 72.8 Å². The number of carboxylic acid groups (broad SMARTS) is 1. The molecule has 232 valence electrons. The molecule has 0 saturated carbocycles. The second kappa shape index (κ2) is 14.4. The smallest absolute Gasteiger partial charge is 0.416 e. The lowest BCUT2D eigenvalue weighted by molar-refractivity contribution is -0.138. The number of anilines is 1. The Kier molecular flexibility index (Phi) is 10.1. The van der Waals surface area contributed by atoms with Gasteiger partial charge < -0.3 is 14.7 Å². The van der Waals surface area contributed by atoms with Gasteiger partial charge in [0.25, 0.3) is 0 Å². The molecule has 0 spiro atoms. The average Bonchev–Trinajstić information content (AvgIpc) is 3.53. The van der Waals surface area contributed by atoms with E-state index >= 15 is 0 Å². The Bertz CT molecular complexity index is 1710. The maximum Gasteiger partial charge on any atom is 0.416 e. The first kappa shape index (κ1) is 31.7. The van der Waals surface area contributed by atoms with Crippen molar-refractivity contribution < 1.29 is 32.2 Å². The zero-order chi connectivity index (χ0) is 31.8. The van der Waals surface area contributed by atoms with E-state index in [-0.39, 0.29) is 19.4 Å². The highest BCUT2D eigenvalue weighted by Crippen LogP contribution is 2.33. The van der Waals surface area contributed by atoms with Gasteiger partial charge in [0.15, 0.2) is 5.13 Å². The van der Waals surface area contributed by atoms with Crippen LogP contribution in [0.15, 0.2) is 102 Å². The molecule has 0 aliphatic heterocycles. The summed E-state index contributed by atoms with van der Waals surface area (Å²) in [6.07, 6.45) is -3.64. The number of rotatable bonds is 13. The van der Waals surface area contributed by atoms with Gasteiger partial charge in [0.2, 0.25) is 0 Å². The van der Waals surface area contributed by atoms with Crippen LogP contribution in [0.2, 0.25) is 0 Å². The maximum atomic E-state index is 14.3. The highest BCUT2D eigenvalue weighted by atomic mass is 32.1. The average molecular weight is 635 g/mol. The number of ether oxygens (including phenoxy) is 1. The number of aryl methyl sites for hydroxylation is 1. The van der Waals surface area contributed by atoms with Gasteiger partial charge in [-0.2, -0.15) is 13.2 Å². The Morgan fingerprint density at radius 1 is 0.867 bits per heavy atom. The summed E-state index contributed by atoms with van der Waals surface area (Å²) < 4.78 is 59.2. The van der Waals surface area contributed by atoms with Gasteiger partial charge in [-0.25, -0.2) is 9.37 Å². The Balaban J connectivity index is 1.26. The van der Waals surface area contributed by atoms with Crippen LogP contribution in [0.1, 0.15) is 34.2 Å². The lowest BCUT2D eigenvalue weighted by Gasteiger charge is -2.22. The molecule has 0 aliphatic carbocycles. The molecule has 1 N–H and O–H groups in total. The number of nitrogens with zero attached hydrogens (tertiary/aromatic N) is 2. The van der Waals surface area contributed by atoms with E-state index in [0.29, 0.717) is 35.7 Å². The fourth-order valence-corrected chi connectivity index (χ4v) is 5.58. The number of aliphatic carboxylic acids is 1. The first-order valence-corrected chi connectivity index (χ1v) is 15.1. The highest BCUT2D eigenvalue weighted by Gasteiger charge is 2.30. The summed E-state index contributed by atoms with van der Waals surface area (Å²) in [5.74, 6) is -1.12. The number of alkyl halides is 3. The quantitative estimate of drug-likeness (QED) is 0.131. The van der Waals surface area contributed by atoms with E-state index in [4.69, 9.17) is 14.8 Å². The number of hydrogen-bond acceptors (Lipinski definition) is 5. The molecule has 0 fully saturated rings. The third-order valence-electron chi connectivity index (χ3n) is 7.22. The predicted molar refractivity (Wildman–Crippen MR) is 167 cm³/mol. The lowest BCUT2D eigenvalue weighted by atomic mass is 10.1. The van der Waals surface area contributed by atoms with E-state index in [1.807, 2.05) is 47.8 Å². The SMILES string of the molecule is O=C(O)CCc1ccc(OCc2ccc(CN(CCc3ccccc3)c3nc(-c4ccc(C(F)(F)F)cc4)cs3)cc2)cc1F. The van der Waals surface area contributed by atoms with Crippen molar-refractivity contribution in [3.8, 4) is 17.0 Å².